The molecule has 0 aliphatic carbocycles. The van der Waals surface area contributed by atoms with E-state index in [0.29, 0.717) is 12.1 Å². The molecule has 4 nitrogen and oxygen atoms in total. The van der Waals surface area contributed by atoms with Crippen LogP contribution in [0.1, 0.15) is 5.56 Å². The topological polar surface area (TPSA) is 66.4 Å². The SMILES string of the molecule is CS(=O)(=O)Nc1cccc(CCO)c1. The van der Waals surface area contributed by atoms with Gasteiger partial charge < -0.3 is 5.11 Å². The molecule has 1 rings (SSSR count). The first-order chi connectivity index (χ1) is 6.51. The van der Waals surface area contributed by atoms with Gasteiger partial charge in [0.1, 0.15) is 0 Å². The van der Waals surface area contributed by atoms with E-state index in [1.54, 1.807) is 18.2 Å². The summed E-state index contributed by atoms with van der Waals surface area (Å²) in [5, 5.41) is 8.70. The molecule has 0 saturated heterocycles. The van der Waals surface area contributed by atoms with Gasteiger partial charge in [-0.1, -0.05) is 12.1 Å². The summed E-state index contributed by atoms with van der Waals surface area (Å²) in [7, 11) is -3.22. The summed E-state index contributed by atoms with van der Waals surface area (Å²) in [5.41, 5.74) is 1.43. The van der Waals surface area contributed by atoms with E-state index in [1.165, 1.54) is 0 Å². The van der Waals surface area contributed by atoms with Gasteiger partial charge in [-0.3, -0.25) is 4.72 Å². The first kappa shape index (κ1) is 11.0. The van der Waals surface area contributed by atoms with Gasteiger partial charge in [0.2, 0.25) is 10.0 Å². The number of rotatable bonds is 4. The van der Waals surface area contributed by atoms with E-state index < -0.39 is 10.0 Å². The summed E-state index contributed by atoms with van der Waals surface area (Å²) in [6.45, 7) is 0.0579. The van der Waals surface area contributed by atoms with E-state index >= 15 is 0 Å². The van der Waals surface area contributed by atoms with E-state index in [9.17, 15) is 8.42 Å². The van der Waals surface area contributed by atoms with Crippen LogP contribution in [-0.2, 0) is 16.4 Å². The molecule has 0 aromatic heterocycles. The van der Waals surface area contributed by atoms with Crippen molar-refractivity contribution < 1.29 is 13.5 Å². The zero-order valence-electron chi connectivity index (χ0n) is 7.90. The van der Waals surface area contributed by atoms with E-state index in [1.807, 2.05) is 6.07 Å². The number of sulfonamides is 1. The van der Waals surface area contributed by atoms with Crippen molar-refractivity contribution >= 4 is 15.7 Å². The van der Waals surface area contributed by atoms with Gasteiger partial charge in [0, 0.05) is 12.3 Å². The van der Waals surface area contributed by atoms with Crippen LogP contribution in [0.25, 0.3) is 0 Å². The molecule has 0 atom stereocenters. The van der Waals surface area contributed by atoms with Crippen LogP contribution in [0, 0.1) is 0 Å². The molecule has 1 aromatic carbocycles. The van der Waals surface area contributed by atoms with Crippen LogP contribution in [0.5, 0.6) is 0 Å². The van der Waals surface area contributed by atoms with E-state index in [0.717, 1.165) is 11.8 Å². The van der Waals surface area contributed by atoms with E-state index in [-0.39, 0.29) is 6.61 Å². The largest absolute Gasteiger partial charge is 0.396 e. The van der Waals surface area contributed by atoms with E-state index in [4.69, 9.17) is 5.11 Å². The van der Waals surface area contributed by atoms with Gasteiger partial charge in [0.25, 0.3) is 0 Å². The fraction of sp³-hybridized carbons (Fsp3) is 0.333. The Bertz CT molecular complexity index is 400. The molecule has 0 aliphatic rings. The predicted octanol–water partition coefficient (Wildman–Crippen LogP) is 0.593. The minimum atomic E-state index is -3.22. The van der Waals surface area contributed by atoms with Crippen LogP contribution in [0.3, 0.4) is 0 Å². The van der Waals surface area contributed by atoms with Gasteiger partial charge in [-0.2, -0.15) is 0 Å². The maximum Gasteiger partial charge on any atom is 0.229 e. The normalized spacial score (nSPS) is 11.3. The number of aliphatic hydroxyl groups is 1. The average molecular weight is 215 g/mol. The molecule has 0 aliphatic heterocycles. The second-order valence-corrected chi connectivity index (χ2v) is 4.80. The Morgan fingerprint density at radius 3 is 2.71 bits per heavy atom. The quantitative estimate of drug-likeness (QED) is 0.772. The molecule has 1 aromatic rings. The smallest absolute Gasteiger partial charge is 0.229 e. The fourth-order valence-corrected chi connectivity index (χ4v) is 1.69. The van der Waals surface area contributed by atoms with Crippen LogP contribution in [0.15, 0.2) is 24.3 Å². The lowest BCUT2D eigenvalue weighted by Crippen LogP contribution is -2.09. The summed E-state index contributed by atoms with van der Waals surface area (Å²) >= 11 is 0. The summed E-state index contributed by atoms with van der Waals surface area (Å²) < 4.78 is 24.2. The first-order valence-electron chi connectivity index (χ1n) is 4.19. The van der Waals surface area contributed by atoms with Crippen molar-refractivity contribution in [2.45, 2.75) is 6.42 Å². The third-order valence-corrected chi connectivity index (χ3v) is 2.24. The number of hydrogen-bond acceptors (Lipinski definition) is 3. The summed E-state index contributed by atoms with van der Waals surface area (Å²) in [6, 6.07) is 6.96. The van der Waals surface area contributed by atoms with Gasteiger partial charge >= 0.3 is 0 Å². The number of nitrogens with one attached hydrogen (secondary N) is 1. The van der Waals surface area contributed by atoms with Gasteiger partial charge in [0.05, 0.1) is 6.26 Å². The Morgan fingerprint density at radius 1 is 1.43 bits per heavy atom. The molecule has 0 saturated carbocycles. The predicted molar refractivity (Wildman–Crippen MR) is 55.7 cm³/mol. The molecule has 0 unspecified atom stereocenters. The zero-order chi connectivity index (χ0) is 10.6. The molecular weight excluding hydrogens is 202 g/mol. The van der Waals surface area contributed by atoms with E-state index in [2.05, 4.69) is 4.72 Å². The Hall–Kier alpha value is -1.07. The second-order valence-electron chi connectivity index (χ2n) is 3.05. The molecule has 0 radical (unpaired) electrons. The third kappa shape index (κ3) is 3.76. The molecule has 78 valence electrons. The average Bonchev–Trinajstić information content (AvgIpc) is 2.02. The number of hydrogen-bond donors (Lipinski definition) is 2. The van der Waals surface area contributed by atoms with Crippen molar-refractivity contribution in [3.05, 3.63) is 29.8 Å². The lowest BCUT2D eigenvalue weighted by molar-refractivity contribution is 0.299. The Morgan fingerprint density at radius 2 is 2.14 bits per heavy atom. The maximum atomic E-state index is 10.9. The van der Waals surface area contributed by atoms with Crippen LogP contribution in [0.4, 0.5) is 5.69 Å². The van der Waals surface area contributed by atoms with Gasteiger partial charge in [-0.15, -0.1) is 0 Å². The minimum absolute atomic E-state index is 0.0579. The Labute approximate surface area is 83.6 Å². The summed E-state index contributed by atoms with van der Waals surface area (Å²) in [6.07, 6.45) is 1.63. The van der Waals surface area contributed by atoms with Crippen molar-refractivity contribution in [2.24, 2.45) is 0 Å². The molecule has 0 fully saturated rings. The van der Waals surface area contributed by atoms with Gasteiger partial charge in [-0.25, -0.2) is 8.42 Å². The van der Waals surface area contributed by atoms with Crippen molar-refractivity contribution in [3.8, 4) is 0 Å². The highest BCUT2D eigenvalue weighted by atomic mass is 32.2. The fourth-order valence-electron chi connectivity index (χ4n) is 1.13. The molecule has 14 heavy (non-hydrogen) atoms. The van der Waals surface area contributed by atoms with Crippen LogP contribution in [-0.4, -0.2) is 26.4 Å². The van der Waals surface area contributed by atoms with Crippen LogP contribution < -0.4 is 4.72 Å². The molecule has 2 N–H and O–H groups in total. The minimum Gasteiger partial charge on any atom is -0.396 e. The Kier molecular flexibility index (Phi) is 3.49. The van der Waals surface area contributed by atoms with Crippen LogP contribution >= 0.6 is 0 Å². The van der Waals surface area contributed by atoms with Crippen molar-refractivity contribution in [2.75, 3.05) is 17.6 Å². The number of aliphatic hydroxyl groups excluding tert-OH is 1. The third-order valence-electron chi connectivity index (χ3n) is 1.63. The van der Waals surface area contributed by atoms with Gasteiger partial charge in [-0.05, 0) is 24.1 Å². The molecule has 0 spiro atoms. The standard InChI is InChI=1S/C9H13NO3S/c1-14(12,13)10-9-4-2-3-8(7-9)5-6-11/h2-4,7,10-11H,5-6H2,1H3. The first-order valence-corrected chi connectivity index (χ1v) is 6.08. The molecule has 0 amide bonds. The molecular formula is C9H13NO3S. The lowest BCUT2D eigenvalue weighted by atomic mass is 10.1. The summed E-state index contributed by atoms with van der Waals surface area (Å²) in [5.74, 6) is 0. The van der Waals surface area contributed by atoms with Crippen LogP contribution in [0.2, 0.25) is 0 Å². The van der Waals surface area contributed by atoms with Gasteiger partial charge in [0.15, 0.2) is 0 Å². The number of anilines is 1. The molecule has 0 bridgehead atoms. The maximum absolute atomic E-state index is 10.9. The highest BCUT2D eigenvalue weighted by molar-refractivity contribution is 7.92. The molecule has 5 heteroatoms. The second kappa shape index (κ2) is 4.43. The van der Waals surface area contributed by atoms with Crippen molar-refractivity contribution in [1.29, 1.82) is 0 Å². The summed E-state index contributed by atoms with van der Waals surface area (Å²) in [4.78, 5) is 0. The van der Waals surface area contributed by atoms with Crippen molar-refractivity contribution in [1.82, 2.24) is 0 Å². The highest BCUT2D eigenvalue weighted by Crippen LogP contribution is 2.11. The monoisotopic (exact) mass is 215 g/mol. The highest BCUT2D eigenvalue weighted by Gasteiger charge is 2.01. The lowest BCUT2D eigenvalue weighted by Gasteiger charge is -2.05. The number of benzene rings is 1. The zero-order valence-corrected chi connectivity index (χ0v) is 8.71. The molecule has 0 heterocycles. The Balaban J connectivity index is 2.83. The van der Waals surface area contributed by atoms with Crippen molar-refractivity contribution in [3.63, 3.8) is 0 Å².